The number of carbonyl (C=O) groups excluding carboxylic acids is 1. The molecule has 0 radical (unpaired) electrons. The monoisotopic (exact) mass is 381 g/mol. The maximum absolute atomic E-state index is 13.0. The van der Waals surface area contributed by atoms with Crippen LogP contribution in [0.25, 0.3) is 5.69 Å². The molecule has 8 heteroatoms. The Morgan fingerprint density at radius 3 is 2.81 bits per heavy atom. The highest BCUT2D eigenvalue weighted by Crippen LogP contribution is 2.31. The maximum Gasteiger partial charge on any atom is 0.237 e. The average Bonchev–Trinajstić information content (AvgIpc) is 3.15. The number of benzene rings is 2. The van der Waals surface area contributed by atoms with E-state index >= 15 is 0 Å². The number of hydrogen-bond donors (Lipinski definition) is 1. The maximum atomic E-state index is 13.0. The van der Waals surface area contributed by atoms with Crippen molar-refractivity contribution in [3.63, 3.8) is 0 Å². The molecule has 1 atom stereocenters. The highest BCUT2D eigenvalue weighted by molar-refractivity contribution is 7.99. The van der Waals surface area contributed by atoms with Gasteiger partial charge in [-0.3, -0.25) is 4.79 Å². The minimum atomic E-state index is 0.0416. The van der Waals surface area contributed by atoms with Gasteiger partial charge in [0.05, 0.1) is 11.4 Å². The topological polar surface area (TPSA) is 84.1 Å². The first kappa shape index (κ1) is 17.5. The summed E-state index contributed by atoms with van der Waals surface area (Å²) in [6, 6.07) is 14.8. The van der Waals surface area contributed by atoms with Crippen LogP contribution in [0, 0.1) is 0 Å². The van der Waals surface area contributed by atoms with Crippen molar-refractivity contribution in [2.75, 3.05) is 10.7 Å². The molecule has 0 aliphatic carbocycles. The van der Waals surface area contributed by atoms with Crippen LogP contribution >= 0.6 is 11.8 Å². The number of phenols is 1. The fourth-order valence-corrected chi connectivity index (χ4v) is 4.04. The second-order valence-corrected chi connectivity index (χ2v) is 7.40. The highest BCUT2D eigenvalue weighted by Gasteiger charge is 2.28. The van der Waals surface area contributed by atoms with Gasteiger partial charge in [0.2, 0.25) is 11.1 Å². The fourth-order valence-electron chi connectivity index (χ4n) is 3.29. The number of phenolic OH excluding ortho intramolecular Hbond substituents is 1. The third-order valence-electron chi connectivity index (χ3n) is 4.65. The normalized spacial score (nSPS) is 16.2. The van der Waals surface area contributed by atoms with Gasteiger partial charge < -0.3 is 10.0 Å². The van der Waals surface area contributed by atoms with E-state index in [0.29, 0.717) is 5.16 Å². The number of nitrogens with zero attached hydrogens (tertiary/aromatic N) is 5. The zero-order valence-corrected chi connectivity index (χ0v) is 15.6. The minimum Gasteiger partial charge on any atom is -0.508 e. The van der Waals surface area contributed by atoms with Crippen molar-refractivity contribution < 1.29 is 9.90 Å². The lowest BCUT2D eigenvalue weighted by atomic mass is 9.97. The van der Waals surface area contributed by atoms with E-state index in [4.69, 9.17) is 0 Å². The number of amides is 1. The molecule has 1 aliphatic rings. The van der Waals surface area contributed by atoms with Crippen LogP contribution in [0.15, 0.2) is 53.7 Å². The largest absolute Gasteiger partial charge is 0.508 e. The quantitative estimate of drug-likeness (QED) is 0.700. The van der Waals surface area contributed by atoms with Crippen molar-refractivity contribution in [2.24, 2.45) is 0 Å². The van der Waals surface area contributed by atoms with Crippen molar-refractivity contribution in [2.45, 2.75) is 31.0 Å². The van der Waals surface area contributed by atoms with E-state index in [9.17, 15) is 9.90 Å². The Labute approximate surface area is 161 Å². The number of carbonyl (C=O) groups is 1. The number of rotatable bonds is 4. The number of para-hydroxylation sites is 1. The molecule has 1 unspecified atom stereocenters. The molecule has 2 aromatic carbocycles. The van der Waals surface area contributed by atoms with E-state index in [1.165, 1.54) is 17.3 Å². The smallest absolute Gasteiger partial charge is 0.237 e. The van der Waals surface area contributed by atoms with Gasteiger partial charge in [-0.15, -0.1) is 5.10 Å². The molecule has 0 saturated heterocycles. The van der Waals surface area contributed by atoms with Crippen molar-refractivity contribution in [3.05, 3.63) is 54.1 Å². The molecule has 138 valence electrons. The molecular weight excluding hydrogens is 362 g/mol. The number of aromatic hydroxyl groups is 1. The SMILES string of the molecule is CC1CCc2ccccc2N1C(=O)CSc1nnnn1-c1ccc(O)cc1. The number of fused-ring (bicyclic) bond motifs is 1. The molecule has 0 fully saturated rings. The summed E-state index contributed by atoms with van der Waals surface area (Å²) in [5.41, 5.74) is 2.94. The lowest BCUT2D eigenvalue weighted by Crippen LogP contribution is -2.43. The summed E-state index contributed by atoms with van der Waals surface area (Å²) in [6.07, 6.45) is 1.95. The third-order valence-corrected chi connectivity index (χ3v) is 5.56. The van der Waals surface area contributed by atoms with Crippen molar-refractivity contribution in [3.8, 4) is 11.4 Å². The van der Waals surface area contributed by atoms with Crippen LogP contribution in [0.2, 0.25) is 0 Å². The summed E-state index contributed by atoms with van der Waals surface area (Å²) in [4.78, 5) is 14.8. The minimum absolute atomic E-state index is 0.0416. The molecular formula is C19H19N5O2S. The van der Waals surface area contributed by atoms with Gasteiger partial charge in [0.25, 0.3) is 0 Å². The Hall–Kier alpha value is -2.87. The van der Waals surface area contributed by atoms with E-state index in [1.807, 2.05) is 23.1 Å². The molecule has 1 N–H and O–H groups in total. The van der Waals surface area contributed by atoms with Gasteiger partial charge in [0.1, 0.15) is 5.75 Å². The molecule has 2 heterocycles. The molecule has 0 spiro atoms. The first-order valence-corrected chi connectivity index (χ1v) is 9.72. The summed E-state index contributed by atoms with van der Waals surface area (Å²) in [6.45, 7) is 2.08. The van der Waals surface area contributed by atoms with Gasteiger partial charge >= 0.3 is 0 Å². The van der Waals surface area contributed by atoms with Gasteiger partial charge in [0, 0.05) is 11.7 Å². The van der Waals surface area contributed by atoms with E-state index in [2.05, 4.69) is 28.5 Å². The Balaban J connectivity index is 1.51. The van der Waals surface area contributed by atoms with E-state index < -0.39 is 0 Å². The Morgan fingerprint density at radius 2 is 2.00 bits per heavy atom. The van der Waals surface area contributed by atoms with Gasteiger partial charge in [-0.2, -0.15) is 4.68 Å². The Morgan fingerprint density at radius 1 is 1.22 bits per heavy atom. The van der Waals surface area contributed by atoms with E-state index in [1.54, 1.807) is 28.9 Å². The van der Waals surface area contributed by atoms with Crippen LogP contribution in [0.5, 0.6) is 5.75 Å². The van der Waals surface area contributed by atoms with E-state index in [0.717, 1.165) is 24.2 Å². The van der Waals surface area contributed by atoms with Crippen molar-refractivity contribution in [1.29, 1.82) is 0 Å². The summed E-state index contributed by atoms with van der Waals surface area (Å²) >= 11 is 1.30. The zero-order chi connectivity index (χ0) is 18.8. The predicted octanol–water partition coefficient (Wildman–Crippen LogP) is 2.83. The highest BCUT2D eigenvalue weighted by atomic mass is 32.2. The molecule has 1 aliphatic heterocycles. The van der Waals surface area contributed by atoms with Gasteiger partial charge in [-0.05, 0) is 66.1 Å². The first-order valence-electron chi connectivity index (χ1n) is 8.74. The standard InChI is InChI=1S/C19H19N5O2S/c1-13-6-7-14-4-2-3-5-17(14)23(13)18(26)12-27-19-20-21-22-24(19)15-8-10-16(25)11-9-15/h2-5,8-11,13,25H,6-7,12H2,1H3. The summed E-state index contributed by atoms with van der Waals surface area (Å²) in [7, 11) is 0. The predicted molar refractivity (Wildman–Crippen MR) is 103 cm³/mol. The first-order chi connectivity index (χ1) is 13.1. The molecule has 3 aromatic rings. The van der Waals surface area contributed by atoms with Crippen molar-refractivity contribution >= 4 is 23.4 Å². The molecule has 4 rings (SSSR count). The van der Waals surface area contributed by atoms with Crippen LogP contribution in [0.3, 0.4) is 0 Å². The van der Waals surface area contributed by atoms with Crippen molar-refractivity contribution in [1.82, 2.24) is 20.2 Å². The number of thioether (sulfide) groups is 1. The van der Waals surface area contributed by atoms with Crippen LogP contribution in [-0.4, -0.2) is 43.0 Å². The average molecular weight is 381 g/mol. The second-order valence-electron chi connectivity index (χ2n) is 6.46. The molecule has 7 nitrogen and oxygen atoms in total. The summed E-state index contributed by atoms with van der Waals surface area (Å²) in [5.74, 6) is 0.464. The molecule has 1 aromatic heterocycles. The van der Waals surface area contributed by atoms with Gasteiger partial charge in [-0.25, -0.2) is 0 Å². The number of aryl methyl sites for hydroxylation is 1. The second kappa shape index (κ2) is 7.40. The number of aromatic nitrogens is 4. The molecule has 0 bridgehead atoms. The lowest BCUT2D eigenvalue weighted by molar-refractivity contribution is -0.116. The Bertz CT molecular complexity index is 957. The van der Waals surface area contributed by atoms with Gasteiger partial charge in [0.15, 0.2) is 0 Å². The molecule has 0 saturated carbocycles. The number of anilines is 1. The number of hydrogen-bond acceptors (Lipinski definition) is 6. The molecule has 27 heavy (non-hydrogen) atoms. The lowest BCUT2D eigenvalue weighted by Gasteiger charge is -2.35. The molecule has 1 amide bonds. The Kier molecular flexibility index (Phi) is 4.81. The summed E-state index contributed by atoms with van der Waals surface area (Å²) in [5, 5.41) is 21.7. The summed E-state index contributed by atoms with van der Waals surface area (Å²) < 4.78 is 1.56. The van der Waals surface area contributed by atoms with Crippen LogP contribution in [0.1, 0.15) is 18.9 Å². The fraction of sp³-hybridized carbons (Fsp3) is 0.263. The van der Waals surface area contributed by atoms with Crippen LogP contribution in [-0.2, 0) is 11.2 Å². The van der Waals surface area contributed by atoms with E-state index in [-0.39, 0.29) is 23.5 Å². The number of tetrazole rings is 1. The van der Waals surface area contributed by atoms with Gasteiger partial charge in [-0.1, -0.05) is 30.0 Å². The van der Waals surface area contributed by atoms with Crippen LogP contribution < -0.4 is 4.90 Å². The zero-order valence-electron chi connectivity index (χ0n) is 14.8. The van der Waals surface area contributed by atoms with Crippen LogP contribution in [0.4, 0.5) is 5.69 Å². The third kappa shape index (κ3) is 3.52.